The summed E-state index contributed by atoms with van der Waals surface area (Å²) in [5.74, 6) is 0.0272. The molecule has 0 aliphatic carbocycles. The first-order valence-electron chi connectivity index (χ1n) is 10.2. The van der Waals surface area contributed by atoms with Gasteiger partial charge in [0, 0.05) is 18.3 Å². The number of fused-ring (bicyclic) bond motifs is 1. The number of hydrogen-bond acceptors (Lipinski definition) is 3. The number of benzene rings is 3. The van der Waals surface area contributed by atoms with Gasteiger partial charge in [0.05, 0.1) is 5.56 Å². The first-order chi connectivity index (χ1) is 14.4. The van der Waals surface area contributed by atoms with Crippen molar-refractivity contribution in [2.75, 3.05) is 18.1 Å². The van der Waals surface area contributed by atoms with Gasteiger partial charge in [0.25, 0.3) is 11.8 Å². The maximum absolute atomic E-state index is 13.5. The van der Waals surface area contributed by atoms with Gasteiger partial charge in [0.1, 0.15) is 5.75 Å². The highest BCUT2D eigenvalue weighted by Gasteiger charge is 2.22. The maximum Gasteiger partial charge on any atom is 0.262 e. The third-order valence-electron chi connectivity index (χ3n) is 4.76. The Hall–Kier alpha value is -3.34. The quantitative estimate of drug-likeness (QED) is 0.620. The largest absolute Gasteiger partial charge is 0.483 e. The number of nitrogens with one attached hydrogen (secondary N) is 1. The van der Waals surface area contributed by atoms with Crippen LogP contribution in [0.5, 0.6) is 5.75 Å². The summed E-state index contributed by atoms with van der Waals surface area (Å²) in [6.07, 6.45) is 0. The number of amides is 2. The van der Waals surface area contributed by atoms with E-state index in [0.29, 0.717) is 17.9 Å². The van der Waals surface area contributed by atoms with E-state index >= 15 is 0 Å². The Morgan fingerprint density at radius 2 is 1.70 bits per heavy atom. The van der Waals surface area contributed by atoms with E-state index in [-0.39, 0.29) is 24.5 Å². The highest BCUT2D eigenvalue weighted by molar-refractivity contribution is 6.10. The average molecular weight is 405 g/mol. The molecule has 0 radical (unpaired) electrons. The average Bonchev–Trinajstić information content (AvgIpc) is 2.71. The molecule has 0 aromatic heterocycles. The molecule has 0 atom stereocenters. The van der Waals surface area contributed by atoms with E-state index in [1.807, 2.05) is 88.4 Å². The number of carbonyl (C=O) groups is 2. The molecule has 0 saturated heterocycles. The van der Waals surface area contributed by atoms with Crippen molar-refractivity contribution >= 4 is 28.3 Å². The van der Waals surface area contributed by atoms with Crippen LogP contribution < -0.4 is 15.0 Å². The minimum Gasteiger partial charge on any atom is -0.483 e. The third kappa shape index (κ3) is 4.98. The van der Waals surface area contributed by atoms with Gasteiger partial charge >= 0.3 is 0 Å². The van der Waals surface area contributed by atoms with Crippen molar-refractivity contribution in [2.45, 2.75) is 33.7 Å². The van der Waals surface area contributed by atoms with E-state index in [1.54, 1.807) is 4.90 Å². The van der Waals surface area contributed by atoms with Crippen LogP contribution in [-0.2, 0) is 4.79 Å². The maximum atomic E-state index is 13.5. The van der Waals surface area contributed by atoms with Gasteiger partial charge in [-0.15, -0.1) is 0 Å². The van der Waals surface area contributed by atoms with Crippen molar-refractivity contribution in [1.29, 1.82) is 0 Å². The SMILES string of the molecule is CCN(C(=O)c1cc2ccccc2cc1OCC(=O)NC(C)C)c1cccc(C)c1. The lowest BCUT2D eigenvalue weighted by molar-refractivity contribution is -0.123. The zero-order valence-corrected chi connectivity index (χ0v) is 17.9. The van der Waals surface area contributed by atoms with Gasteiger partial charge in [-0.25, -0.2) is 0 Å². The second-order valence-electron chi connectivity index (χ2n) is 7.59. The fourth-order valence-corrected chi connectivity index (χ4v) is 3.40. The van der Waals surface area contributed by atoms with Crippen LogP contribution in [0.4, 0.5) is 5.69 Å². The van der Waals surface area contributed by atoms with Crippen molar-refractivity contribution < 1.29 is 14.3 Å². The fraction of sp³-hybridized carbons (Fsp3) is 0.280. The summed E-state index contributed by atoms with van der Waals surface area (Å²) in [6.45, 7) is 8.10. The molecule has 0 aliphatic heterocycles. The smallest absolute Gasteiger partial charge is 0.262 e. The molecule has 5 nitrogen and oxygen atoms in total. The normalized spacial score (nSPS) is 10.8. The van der Waals surface area contributed by atoms with Gasteiger partial charge in [-0.2, -0.15) is 0 Å². The summed E-state index contributed by atoms with van der Waals surface area (Å²) in [6, 6.07) is 19.3. The molecule has 0 spiro atoms. The van der Waals surface area contributed by atoms with Crippen molar-refractivity contribution in [2.24, 2.45) is 0 Å². The van der Waals surface area contributed by atoms with Crippen molar-refractivity contribution in [3.8, 4) is 5.75 Å². The summed E-state index contributed by atoms with van der Waals surface area (Å²) >= 11 is 0. The monoisotopic (exact) mass is 404 g/mol. The number of anilines is 1. The highest BCUT2D eigenvalue weighted by Crippen LogP contribution is 2.29. The van der Waals surface area contributed by atoms with Gasteiger partial charge in [0.15, 0.2) is 6.61 Å². The molecule has 2 amide bonds. The highest BCUT2D eigenvalue weighted by atomic mass is 16.5. The first-order valence-corrected chi connectivity index (χ1v) is 10.2. The van der Waals surface area contributed by atoms with Gasteiger partial charge < -0.3 is 15.0 Å². The molecule has 3 aromatic rings. The molecule has 0 fully saturated rings. The molecule has 3 rings (SSSR count). The predicted octanol–water partition coefficient (Wildman–Crippen LogP) is 4.72. The molecular formula is C25H28N2O3. The molecular weight excluding hydrogens is 376 g/mol. The van der Waals surface area contributed by atoms with E-state index in [2.05, 4.69) is 5.32 Å². The number of rotatable bonds is 7. The number of hydrogen-bond donors (Lipinski definition) is 1. The Bertz CT molecular complexity index is 1060. The second-order valence-corrected chi connectivity index (χ2v) is 7.59. The first kappa shape index (κ1) is 21.4. The molecule has 0 unspecified atom stereocenters. The van der Waals surface area contributed by atoms with Crippen LogP contribution in [0, 0.1) is 6.92 Å². The minimum atomic E-state index is -0.220. The van der Waals surface area contributed by atoms with Crippen LogP contribution in [-0.4, -0.2) is 31.0 Å². The Labute approximate surface area is 177 Å². The lowest BCUT2D eigenvalue weighted by Crippen LogP contribution is -2.35. The molecule has 3 aromatic carbocycles. The van der Waals surface area contributed by atoms with E-state index in [1.165, 1.54) is 0 Å². The summed E-state index contributed by atoms with van der Waals surface area (Å²) in [7, 11) is 0. The van der Waals surface area contributed by atoms with Crippen molar-refractivity contribution in [3.05, 3.63) is 71.8 Å². The minimum absolute atomic E-state index is 0.0238. The number of carbonyl (C=O) groups excluding carboxylic acids is 2. The Kier molecular flexibility index (Phi) is 6.72. The lowest BCUT2D eigenvalue weighted by atomic mass is 10.0. The van der Waals surface area contributed by atoms with Crippen LogP contribution in [0.15, 0.2) is 60.7 Å². The van der Waals surface area contributed by atoms with Crippen molar-refractivity contribution in [1.82, 2.24) is 5.32 Å². The lowest BCUT2D eigenvalue weighted by Gasteiger charge is -2.23. The Morgan fingerprint density at radius 1 is 1.00 bits per heavy atom. The zero-order valence-electron chi connectivity index (χ0n) is 17.9. The van der Waals surface area contributed by atoms with E-state index < -0.39 is 0 Å². The number of aryl methyl sites for hydroxylation is 1. The van der Waals surface area contributed by atoms with E-state index in [9.17, 15) is 9.59 Å². The molecule has 0 aliphatic rings. The molecule has 0 saturated carbocycles. The van der Waals surface area contributed by atoms with Crippen LogP contribution in [0.3, 0.4) is 0 Å². The van der Waals surface area contributed by atoms with Gasteiger partial charge in [-0.05, 0) is 68.3 Å². The number of ether oxygens (including phenoxy) is 1. The van der Waals surface area contributed by atoms with E-state index in [0.717, 1.165) is 22.0 Å². The van der Waals surface area contributed by atoms with Crippen molar-refractivity contribution in [3.63, 3.8) is 0 Å². The Balaban J connectivity index is 1.99. The standard InChI is InChI=1S/C25H28N2O3/c1-5-27(21-12-8-9-18(4)13-21)25(29)22-14-19-10-6-7-11-20(19)15-23(22)30-16-24(28)26-17(2)3/h6-15,17H,5,16H2,1-4H3,(H,26,28). The van der Waals surface area contributed by atoms with Gasteiger partial charge in [-0.3, -0.25) is 9.59 Å². The van der Waals surface area contributed by atoms with Crippen LogP contribution in [0.25, 0.3) is 10.8 Å². The number of nitrogens with zero attached hydrogens (tertiary/aromatic N) is 1. The second kappa shape index (κ2) is 9.44. The molecule has 0 heterocycles. The van der Waals surface area contributed by atoms with Crippen LogP contribution >= 0.6 is 0 Å². The molecule has 5 heteroatoms. The summed E-state index contributed by atoms with van der Waals surface area (Å²) < 4.78 is 5.82. The van der Waals surface area contributed by atoms with Crippen LogP contribution in [0.2, 0.25) is 0 Å². The zero-order chi connectivity index (χ0) is 21.7. The third-order valence-corrected chi connectivity index (χ3v) is 4.76. The summed E-state index contributed by atoms with van der Waals surface area (Å²) in [4.78, 5) is 27.3. The summed E-state index contributed by atoms with van der Waals surface area (Å²) in [5.41, 5.74) is 2.35. The van der Waals surface area contributed by atoms with E-state index in [4.69, 9.17) is 4.74 Å². The molecule has 30 heavy (non-hydrogen) atoms. The molecule has 156 valence electrons. The molecule has 1 N–H and O–H groups in total. The topological polar surface area (TPSA) is 58.6 Å². The van der Waals surface area contributed by atoms with Gasteiger partial charge in [0.2, 0.25) is 0 Å². The van der Waals surface area contributed by atoms with Crippen LogP contribution in [0.1, 0.15) is 36.7 Å². The molecule has 0 bridgehead atoms. The predicted molar refractivity (Wildman–Crippen MR) is 121 cm³/mol. The Morgan fingerprint density at radius 3 is 2.33 bits per heavy atom. The summed E-state index contributed by atoms with van der Waals surface area (Å²) in [5, 5.41) is 4.70. The fourth-order valence-electron chi connectivity index (χ4n) is 3.40. The van der Waals surface area contributed by atoms with Gasteiger partial charge in [-0.1, -0.05) is 36.4 Å².